The lowest BCUT2D eigenvalue weighted by atomic mass is 9.79. The predicted molar refractivity (Wildman–Crippen MR) is 89.9 cm³/mol. The number of H-pyrrole nitrogens is 1. The highest BCUT2D eigenvalue weighted by molar-refractivity contribution is 5.63. The fourth-order valence-corrected chi connectivity index (χ4v) is 3.60. The van der Waals surface area contributed by atoms with Gasteiger partial charge in [0.2, 0.25) is 11.8 Å². The zero-order valence-corrected chi connectivity index (χ0v) is 14.3. The molecule has 3 rings (SSSR count). The van der Waals surface area contributed by atoms with Gasteiger partial charge in [-0.05, 0) is 44.9 Å². The molecular weight excluding hydrogens is 322 g/mol. The molecule has 2 heterocycles. The van der Waals surface area contributed by atoms with Crippen molar-refractivity contribution in [1.29, 1.82) is 5.26 Å². The van der Waals surface area contributed by atoms with Gasteiger partial charge in [-0.15, -0.1) is 5.10 Å². The monoisotopic (exact) mass is 339 g/mol. The minimum Gasteiger partial charge on any atom is -0.420 e. The van der Waals surface area contributed by atoms with Gasteiger partial charge < -0.3 is 10.5 Å². The summed E-state index contributed by atoms with van der Waals surface area (Å²) in [7, 11) is 0. The molecule has 0 radical (unpaired) electrons. The Morgan fingerprint density at radius 3 is 2.60 bits per heavy atom. The summed E-state index contributed by atoms with van der Waals surface area (Å²) in [5.41, 5.74) is 10.2. The standard InChI is InChI=1S/C17H17N5O3/c1-7-5-8(2)15(22(23)24)9(3)12(7)14-11(6-18)16(19)25-17-13(14)10(4)20-21-17/h5,14H,19H2,1-4H3,(H,20,21). The van der Waals surface area contributed by atoms with Crippen molar-refractivity contribution in [3.63, 3.8) is 0 Å². The molecule has 1 aliphatic heterocycles. The second-order valence-corrected chi connectivity index (χ2v) is 6.15. The molecule has 3 N–H and O–H groups in total. The van der Waals surface area contributed by atoms with Gasteiger partial charge in [0.25, 0.3) is 5.69 Å². The zero-order chi connectivity index (χ0) is 18.5. The molecule has 0 amide bonds. The van der Waals surface area contributed by atoms with Crippen molar-refractivity contribution < 1.29 is 9.66 Å². The van der Waals surface area contributed by atoms with E-state index < -0.39 is 10.8 Å². The van der Waals surface area contributed by atoms with Crippen LogP contribution in [0.3, 0.4) is 0 Å². The number of hydrogen-bond donors (Lipinski definition) is 2. The molecule has 2 aromatic rings. The number of aryl methyl sites for hydroxylation is 3. The average molecular weight is 339 g/mol. The highest BCUT2D eigenvalue weighted by Crippen LogP contribution is 2.46. The fourth-order valence-electron chi connectivity index (χ4n) is 3.60. The van der Waals surface area contributed by atoms with Crippen LogP contribution in [-0.2, 0) is 0 Å². The summed E-state index contributed by atoms with van der Waals surface area (Å²) in [6, 6.07) is 3.86. The Labute approximate surface area is 144 Å². The van der Waals surface area contributed by atoms with E-state index >= 15 is 0 Å². The molecule has 0 aliphatic carbocycles. The van der Waals surface area contributed by atoms with Crippen LogP contribution in [0.2, 0.25) is 0 Å². The van der Waals surface area contributed by atoms with Crippen molar-refractivity contribution in [2.45, 2.75) is 33.6 Å². The van der Waals surface area contributed by atoms with Crippen LogP contribution in [0, 0.1) is 49.1 Å². The summed E-state index contributed by atoms with van der Waals surface area (Å²) in [5, 5.41) is 28.1. The predicted octanol–water partition coefficient (Wildman–Crippen LogP) is 2.77. The number of nitriles is 1. The summed E-state index contributed by atoms with van der Waals surface area (Å²) in [6.07, 6.45) is 0. The van der Waals surface area contributed by atoms with Gasteiger partial charge in [0.05, 0.1) is 10.8 Å². The largest absolute Gasteiger partial charge is 0.420 e. The van der Waals surface area contributed by atoms with Crippen molar-refractivity contribution in [2.75, 3.05) is 0 Å². The summed E-state index contributed by atoms with van der Waals surface area (Å²) in [4.78, 5) is 11.1. The lowest BCUT2D eigenvalue weighted by molar-refractivity contribution is -0.386. The maximum Gasteiger partial charge on any atom is 0.275 e. The molecule has 1 atom stereocenters. The number of aromatic amines is 1. The lowest BCUT2D eigenvalue weighted by Gasteiger charge is -2.26. The van der Waals surface area contributed by atoms with Gasteiger partial charge in [0.15, 0.2) is 0 Å². The molecule has 0 spiro atoms. The van der Waals surface area contributed by atoms with E-state index in [1.54, 1.807) is 19.9 Å². The number of nitrogens with two attached hydrogens (primary N) is 1. The van der Waals surface area contributed by atoms with Crippen LogP contribution in [0.4, 0.5) is 5.69 Å². The Kier molecular flexibility index (Phi) is 3.72. The molecule has 0 fully saturated rings. The maximum absolute atomic E-state index is 11.5. The van der Waals surface area contributed by atoms with E-state index in [0.717, 1.165) is 11.3 Å². The number of nitro groups is 1. The highest BCUT2D eigenvalue weighted by Gasteiger charge is 2.37. The van der Waals surface area contributed by atoms with Gasteiger partial charge in [0.1, 0.15) is 11.6 Å². The molecule has 128 valence electrons. The zero-order valence-electron chi connectivity index (χ0n) is 14.3. The molecule has 8 heteroatoms. The van der Waals surface area contributed by atoms with Gasteiger partial charge in [-0.1, -0.05) is 0 Å². The normalized spacial score (nSPS) is 16.2. The van der Waals surface area contributed by atoms with E-state index in [1.807, 2.05) is 13.8 Å². The number of hydrogen-bond acceptors (Lipinski definition) is 6. The number of ether oxygens (including phenoxy) is 1. The van der Waals surface area contributed by atoms with Gasteiger partial charge in [-0.3, -0.25) is 15.2 Å². The molecule has 1 unspecified atom stereocenters. The molecule has 0 saturated carbocycles. The number of fused-ring (bicyclic) bond motifs is 1. The van der Waals surface area contributed by atoms with E-state index in [0.29, 0.717) is 28.1 Å². The summed E-state index contributed by atoms with van der Waals surface area (Å²) in [6.45, 7) is 7.08. The maximum atomic E-state index is 11.5. The minimum atomic E-state index is -0.563. The van der Waals surface area contributed by atoms with E-state index in [2.05, 4.69) is 16.3 Å². The third kappa shape index (κ3) is 2.32. The topological polar surface area (TPSA) is 131 Å². The first-order valence-electron chi connectivity index (χ1n) is 7.65. The molecule has 8 nitrogen and oxygen atoms in total. The van der Waals surface area contributed by atoms with Crippen molar-refractivity contribution >= 4 is 5.69 Å². The van der Waals surface area contributed by atoms with Crippen LogP contribution in [0.1, 0.15) is 39.4 Å². The van der Waals surface area contributed by atoms with E-state index in [9.17, 15) is 15.4 Å². The molecule has 1 aliphatic rings. The lowest BCUT2D eigenvalue weighted by Crippen LogP contribution is -2.22. The number of rotatable bonds is 2. The van der Waals surface area contributed by atoms with Crippen LogP contribution >= 0.6 is 0 Å². The SMILES string of the molecule is Cc1cc(C)c([N+](=O)[O-])c(C)c1C1C(C#N)=C(N)Oc2n[nH]c(C)c21. The Balaban J connectivity index is 2.39. The van der Waals surface area contributed by atoms with E-state index in [1.165, 1.54) is 0 Å². The number of aromatic nitrogens is 2. The molecular formula is C17H17N5O3. The second-order valence-electron chi connectivity index (χ2n) is 6.15. The molecule has 0 bridgehead atoms. The highest BCUT2D eigenvalue weighted by atomic mass is 16.6. The van der Waals surface area contributed by atoms with Crippen molar-refractivity contribution in [2.24, 2.45) is 5.73 Å². The third-order valence-corrected chi connectivity index (χ3v) is 4.59. The fraction of sp³-hybridized carbons (Fsp3) is 0.294. The Hall–Kier alpha value is -3.34. The Morgan fingerprint density at radius 2 is 2.00 bits per heavy atom. The smallest absolute Gasteiger partial charge is 0.275 e. The van der Waals surface area contributed by atoms with Crippen LogP contribution in [-0.4, -0.2) is 15.1 Å². The van der Waals surface area contributed by atoms with Crippen molar-refractivity contribution in [3.8, 4) is 11.9 Å². The third-order valence-electron chi connectivity index (χ3n) is 4.59. The van der Waals surface area contributed by atoms with Crippen LogP contribution in [0.15, 0.2) is 17.5 Å². The second kappa shape index (κ2) is 5.63. The van der Waals surface area contributed by atoms with E-state index in [4.69, 9.17) is 10.5 Å². The molecule has 1 aromatic heterocycles. The summed E-state index contributed by atoms with van der Waals surface area (Å²) >= 11 is 0. The average Bonchev–Trinajstić information content (AvgIpc) is 2.86. The van der Waals surface area contributed by atoms with E-state index in [-0.39, 0.29) is 17.1 Å². The number of allylic oxidation sites excluding steroid dienone is 1. The van der Waals surface area contributed by atoms with Crippen LogP contribution in [0.25, 0.3) is 0 Å². The minimum absolute atomic E-state index is 0.0338. The molecule has 0 saturated heterocycles. The van der Waals surface area contributed by atoms with Gasteiger partial charge >= 0.3 is 0 Å². The number of nitrogens with zero attached hydrogens (tertiary/aromatic N) is 3. The Morgan fingerprint density at radius 1 is 1.32 bits per heavy atom. The number of benzene rings is 1. The number of nitrogens with one attached hydrogen (secondary N) is 1. The molecule has 25 heavy (non-hydrogen) atoms. The molecule has 1 aromatic carbocycles. The summed E-state index contributed by atoms with van der Waals surface area (Å²) < 4.78 is 5.45. The van der Waals surface area contributed by atoms with Crippen LogP contribution < -0.4 is 10.5 Å². The first kappa shape index (κ1) is 16.5. The van der Waals surface area contributed by atoms with Gasteiger partial charge in [-0.25, -0.2) is 0 Å². The summed E-state index contributed by atoms with van der Waals surface area (Å²) in [5.74, 6) is -0.304. The van der Waals surface area contributed by atoms with Gasteiger partial charge in [0, 0.05) is 22.4 Å². The van der Waals surface area contributed by atoms with Gasteiger partial charge in [-0.2, -0.15) is 5.26 Å². The first-order chi connectivity index (χ1) is 11.8. The number of nitro benzene ring substituents is 1. The van der Waals surface area contributed by atoms with Crippen molar-refractivity contribution in [1.82, 2.24) is 10.2 Å². The quantitative estimate of drug-likeness (QED) is 0.639. The van der Waals surface area contributed by atoms with Crippen LogP contribution in [0.5, 0.6) is 5.88 Å². The Bertz CT molecular complexity index is 981. The first-order valence-corrected chi connectivity index (χ1v) is 7.65. The van der Waals surface area contributed by atoms with Crippen molar-refractivity contribution in [3.05, 3.63) is 61.1 Å².